The molecule has 0 unspecified atom stereocenters. The van der Waals surface area contributed by atoms with Crippen molar-refractivity contribution in [2.75, 3.05) is 10.2 Å². The highest BCUT2D eigenvalue weighted by Gasteiger charge is 2.35. The monoisotopic (exact) mass is 366 g/mol. The number of rotatable bonds is 3. The lowest BCUT2D eigenvalue weighted by molar-refractivity contribution is -0.117. The summed E-state index contributed by atoms with van der Waals surface area (Å²) in [5.74, 6) is -0.346. The Morgan fingerprint density at radius 1 is 0.857 bits per heavy atom. The third-order valence-electron chi connectivity index (χ3n) is 5.38. The Balaban J connectivity index is 1.46. The SMILES string of the molecule is C[C@H](C(=O)Nc1ccc2ccccc2c1)N1C(=O)c2cccc3cccc1c23. The van der Waals surface area contributed by atoms with Crippen LogP contribution in [-0.2, 0) is 4.79 Å². The maximum atomic E-state index is 13.0. The normalized spacial score (nSPS) is 13.9. The molecule has 0 spiro atoms. The first kappa shape index (κ1) is 16.5. The van der Waals surface area contributed by atoms with E-state index in [-0.39, 0.29) is 11.8 Å². The molecule has 136 valence electrons. The van der Waals surface area contributed by atoms with Crippen molar-refractivity contribution in [2.45, 2.75) is 13.0 Å². The van der Waals surface area contributed by atoms with Gasteiger partial charge in [-0.05, 0) is 47.3 Å². The van der Waals surface area contributed by atoms with E-state index >= 15 is 0 Å². The van der Waals surface area contributed by atoms with Gasteiger partial charge < -0.3 is 5.32 Å². The Hall–Kier alpha value is -3.66. The Morgan fingerprint density at radius 3 is 2.39 bits per heavy atom. The second-order valence-electron chi connectivity index (χ2n) is 7.08. The highest BCUT2D eigenvalue weighted by Crippen LogP contribution is 2.38. The van der Waals surface area contributed by atoms with Crippen LogP contribution in [0.1, 0.15) is 17.3 Å². The van der Waals surface area contributed by atoms with Crippen LogP contribution in [0.4, 0.5) is 11.4 Å². The van der Waals surface area contributed by atoms with Crippen molar-refractivity contribution >= 4 is 44.7 Å². The minimum atomic E-state index is -0.628. The van der Waals surface area contributed by atoms with Crippen LogP contribution < -0.4 is 10.2 Å². The fraction of sp³-hybridized carbons (Fsp3) is 0.0833. The lowest BCUT2D eigenvalue weighted by Gasteiger charge is -2.24. The first-order valence-corrected chi connectivity index (χ1v) is 9.28. The first-order chi connectivity index (χ1) is 13.6. The third kappa shape index (κ3) is 2.46. The number of benzene rings is 4. The zero-order valence-corrected chi connectivity index (χ0v) is 15.3. The van der Waals surface area contributed by atoms with E-state index in [0.717, 1.165) is 32.9 Å². The van der Waals surface area contributed by atoms with E-state index in [2.05, 4.69) is 5.32 Å². The van der Waals surface area contributed by atoms with Gasteiger partial charge in [-0.15, -0.1) is 0 Å². The van der Waals surface area contributed by atoms with Crippen LogP contribution in [0.5, 0.6) is 0 Å². The average Bonchev–Trinajstić information content (AvgIpc) is 3.01. The molecule has 4 aromatic rings. The second kappa shape index (κ2) is 6.20. The van der Waals surface area contributed by atoms with Crippen LogP contribution >= 0.6 is 0 Å². The Bertz CT molecular complexity index is 1260. The van der Waals surface area contributed by atoms with Crippen molar-refractivity contribution in [1.82, 2.24) is 0 Å². The van der Waals surface area contributed by atoms with Gasteiger partial charge >= 0.3 is 0 Å². The van der Waals surface area contributed by atoms with Gasteiger partial charge in [0, 0.05) is 16.6 Å². The van der Waals surface area contributed by atoms with E-state index in [9.17, 15) is 9.59 Å². The summed E-state index contributed by atoms with van der Waals surface area (Å²) in [5.41, 5.74) is 2.16. The summed E-state index contributed by atoms with van der Waals surface area (Å²) in [6.45, 7) is 1.76. The number of nitrogens with zero attached hydrogens (tertiary/aromatic N) is 1. The molecule has 1 atom stereocenters. The minimum absolute atomic E-state index is 0.132. The third-order valence-corrected chi connectivity index (χ3v) is 5.38. The molecule has 0 radical (unpaired) electrons. The van der Waals surface area contributed by atoms with Crippen molar-refractivity contribution in [1.29, 1.82) is 0 Å². The van der Waals surface area contributed by atoms with Crippen molar-refractivity contribution in [3.05, 3.63) is 84.4 Å². The Labute approximate surface area is 162 Å². The van der Waals surface area contributed by atoms with Crippen LogP contribution in [0.25, 0.3) is 21.5 Å². The molecule has 1 aliphatic heterocycles. The average molecular weight is 366 g/mol. The van der Waals surface area contributed by atoms with Gasteiger partial charge in [0.15, 0.2) is 0 Å². The zero-order valence-electron chi connectivity index (χ0n) is 15.3. The number of carbonyl (C=O) groups excluding carboxylic acids is 2. The molecule has 0 aliphatic carbocycles. The van der Waals surface area contributed by atoms with Gasteiger partial charge in [0.2, 0.25) is 5.91 Å². The quantitative estimate of drug-likeness (QED) is 0.556. The molecule has 0 saturated carbocycles. The topological polar surface area (TPSA) is 49.4 Å². The van der Waals surface area contributed by atoms with Crippen LogP contribution in [-0.4, -0.2) is 17.9 Å². The highest BCUT2D eigenvalue weighted by atomic mass is 16.2. The number of fused-ring (bicyclic) bond motifs is 1. The van der Waals surface area contributed by atoms with Crippen LogP contribution in [0.3, 0.4) is 0 Å². The summed E-state index contributed by atoms with van der Waals surface area (Å²) in [6.07, 6.45) is 0. The molecule has 4 nitrogen and oxygen atoms in total. The predicted octanol–water partition coefficient (Wildman–Crippen LogP) is 4.98. The van der Waals surface area contributed by atoms with Gasteiger partial charge in [0.25, 0.3) is 5.91 Å². The molecule has 2 amide bonds. The Kier molecular flexibility index (Phi) is 3.66. The highest BCUT2D eigenvalue weighted by molar-refractivity contribution is 6.27. The largest absolute Gasteiger partial charge is 0.324 e. The summed E-state index contributed by atoms with van der Waals surface area (Å²) in [4.78, 5) is 27.5. The lowest BCUT2D eigenvalue weighted by Crippen LogP contribution is -2.44. The fourth-order valence-corrected chi connectivity index (χ4v) is 3.95. The first-order valence-electron chi connectivity index (χ1n) is 9.28. The zero-order chi connectivity index (χ0) is 19.3. The maximum absolute atomic E-state index is 13.0. The molecule has 1 N–H and O–H groups in total. The molecule has 5 rings (SSSR count). The van der Waals surface area contributed by atoms with Crippen LogP contribution in [0.15, 0.2) is 78.9 Å². The molecule has 0 aromatic heterocycles. The number of nitrogens with one attached hydrogen (secondary N) is 1. The van der Waals surface area contributed by atoms with E-state index in [4.69, 9.17) is 0 Å². The number of anilines is 2. The van der Waals surface area contributed by atoms with Crippen molar-refractivity contribution in [3.8, 4) is 0 Å². The van der Waals surface area contributed by atoms with Gasteiger partial charge in [-0.25, -0.2) is 0 Å². The predicted molar refractivity (Wildman–Crippen MR) is 113 cm³/mol. The molecule has 4 aromatic carbocycles. The summed E-state index contributed by atoms with van der Waals surface area (Å²) in [7, 11) is 0. The minimum Gasteiger partial charge on any atom is -0.324 e. The fourth-order valence-electron chi connectivity index (χ4n) is 3.95. The lowest BCUT2D eigenvalue weighted by atomic mass is 10.1. The summed E-state index contributed by atoms with van der Waals surface area (Å²) >= 11 is 0. The summed E-state index contributed by atoms with van der Waals surface area (Å²) in [5, 5.41) is 7.06. The van der Waals surface area contributed by atoms with Crippen molar-refractivity contribution in [3.63, 3.8) is 0 Å². The molecule has 1 aliphatic rings. The molecule has 28 heavy (non-hydrogen) atoms. The number of carbonyl (C=O) groups is 2. The molecular formula is C24H18N2O2. The van der Waals surface area contributed by atoms with Gasteiger partial charge in [0.05, 0.1) is 5.69 Å². The molecule has 0 bridgehead atoms. The maximum Gasteiger partial charge on any atom is 0.259 e. The Morgan fingerprint density at radius 2 is 1.57 bits per heavy atom. The smallest absolute Gasteiger partial charge is 0.259 e. The standard InChI is InChI=1S/C24H18N2O2/c1-15(23(27)25-19-13-12-16-6-2-3-7-18(16)14-19)26-21-11-5-9-17-8-4-10-20(22(17)21)24(26)28/h2-15H,1H3,(H,25,27)/t15-/m1/s1. The van der Waals surface area contributed by atoms with E-state index in [1.807, 2.05) is 78.9 Å². The number of amides is 2. The molecular weight excluding hydrogens is 348 g/mol. The van der Waals surface area contributed by atoms with Gasteiger partial charge in [-0.1, -0.05) is 54.6 Å². The van der Waals surface area contributed by atoms with Gasteiger partial charge in [-0.2, -0.15) is 0 Å². The van der Waals surface area contributed by atoms with Crippen LogP contribution in [0, 0.1) is 0 Å². The van der Waals surface area contributed by atoms with Crippen molar-refractivity contribution in [2.24, 2.45) is 0 Å². The van der Waals surface area contributed by atoms with Crippen molar-refractivity contribution < 1.29 is 9.59 Å². The van der Waals surface area contributed by atoms with Gasteiger partial charge in [0.1, 0.15) is 6.04 Å². The van der Waals surface area contributed by atoms with E-state index in [1.165, 1.54) is 0 Å². The number of hydrogen-bond donors (Lipinski definition) is 1. The molecule has 0 fully saturated rings. The number of hydrogen-bond acceptors (Lipinski definition) is 2. The summed E-state index contributed by atoms with van der Waals surface area (Å²) in [6, 6.07) is 24.7. The summed E-state index contributed by atoms with van der Waals surface area (Å²) < 4.78 is 0. The van der Waals surface area contributed by atoms with E-state index in [0.29, 0.717) is 5.56 Å². The molecule has 4 heteroatoms. The van der Waals surface area contributed by atoms with E-state index < -0.39 is 6.04 Å². The second-order valence-corrected chi connectivity index (χ2v) is 7.08. The van der Waals surface area contributed by atoms with E-state index in [1.54, 1.807) is 11.8 Å². The van der Waals surface area contributed by atoms with Crippen LogP contribution in [0.2, 0.25) is 0 Å². The molecule has 0 saturated heterocycles. The molecule has 1 heterocycles. The van der Waals surface area contributed by atoms with Gasteiger partial charge in [-0.3, -0.25) is 14.5 Å².